The van der Waals surface area contributed by atoms with Crippen molar-refractivity contribution in [3.8, 4) is 0 Å². The lowest BCUT2D eigenvalue weighted by molar-refractivity contribution is -0.129. The van der Waals surface area contributed by atoms with Gasteiger partial charge in [-0.1, -0.05) is 13.8 Å². The van der Waals surface area contributed by atoms with Crippen LogP contribution in [0.25, 0.3) is 0 Å². The van der Waals surface area contributed by atoms with Crippen LogP contribution in [0.3, 0.4) is 0 Å². The van der Waals surface area contributed by atoms with Crippen LogP contribution in [0.1, 0.15) is 40.5 Å². The zero-order chi connectivity index (χ0) is 12.8. The summed E-state index contributed by atoms with van der Waals surface area (Å²) >= 11 is 5.73. The van der Waals surface area contributed by atoms with Crippen molar-refractivity contribution in [2.75, 3.05) is 19.0 Å². The van der Waals surface area contributed by atoms with Crippen molar-refractivity contribution >= 4 is 17.5 Å². The van der Waals surface area contributed by atoms with E-state index in [-0.39, 0.29) is 17.9 Å². The van der Waals surface area contributed by atoms with E-state index in [9.17, 15) is 9.90 Å². The predicted molar refractivity (Wildman–Crippen MR) is 67.6 cm³/mol. The topological polar surface area (TPSA) is 49.3 Å². The summed E-state index contributed by atoms with van der Waals surface area (Å²) in [5.74, 6) is 0.241. The van der Waals surface area contributed by atoms with Crippen molar-refractivity contribution in [1.29, 1.82) is 0 Å². The van der Waals surface area contributed by atoms with Gasteiger partial charge >= 0.3 is 0 Å². The molecule has 0 saturated carbocycles. The number of carbonyl (C=O) groups is 1. The van der Waals surface area contributed by atoms with Gasteiger partial charge in [0, 0.05) is 17.8 Å². The van der Waals surface area contributed by atoms with Gasteiger partial charge in [0.25, 0.3) is 0 Å². The van der Waals surface area contributed by atoms with E-state index >= 15 is 0 Å². The zero-order valence-electron chi connectivity index (χ0n) is 10.8. The maximum atomic E-state index is 11.8. The van der Waals surface area contributed by atoms with Gasteiger partial charge in [-0.15, -0.1) is 11.6 Å². The van der Waals surface area contributed by atoms with Crippen LogP contribution < -0.4 is 5.32 Å². The summed E-state index contributed by atoms with van der Waals surface area (Å²) in [6.07, 6.45) is 1.70. The van der Waals surface area contributed by atoms with Crippen LogP contribution in [0, 0.1) is 10.8 Å². The van der Waals surface area contributed by atoms with Crippen molar-refractivity contribution < 1.29 is 9.90 Å². The lowest BCUT2D eigenvalue weighted by Gasteiger charge is -2.31. The minimum absolute atomic E-state index is 0.0535. The van der Waals surface area contributed by atoms with Crippen LogP contribution in [-0.2, 0) is 4.79 Å². The molecule has 0 spiro atoms. The van der Waals surface area contributed by atoms with Gasteiger partial charge in [-0.25, -0.2) is 0 Å². The van der Waals surface area contributed by atoms with E-state index in [4.69, 9.17) is 11.6 Å². The van der Waals surface area contributed by atoms with E-state index in [2.05, 4.69) is 5.32 Å². The van der Waals surface area contributed by atoms with E-state index in [0.717, 1.165) is 12.8 Å². The molecule has 0 aromatic rings. The molecule has 0 aliphatic carbocycles. The molecule has 0 aromatic heterocycles. The molecule has 1 amide bonds. The highest BCUT2D eigenvalue weighted by Gasteiger charge is 2.30. The molecule has 4 heteroatoms. The Morgan fingerprint density at radius 3 is 2.12 bits per heavy atom. The molecular formula is C12H24ClNO2. The summed E-state index contributed by atoms with van der Waals surface area (Å²) in [6.45, 7) is 8.29. The van der Waals surface area contributed by atoms with Gasteiger partial charge in [0.15, 0.2) is 0 Å². The minimum atomic E-state index is -0.551. The normalized spacial score (nSPS) is 12.6. The molecule has 0 atom stereocenters. The Kier molecular flexibility index (Phi) is 6.34. The van der Waals surface area contributed by atoms with E-state index < -0.39 is 5.41 Å². The number of rotatable bonds is 7. The molecule has 16 heavy (non-hydrogen) atoms. The second kappa shape index (κ2) is 6.45. The van der Waals surface area contributed by atoms with Crippen LogP contribution in [0.15, 0.2) is 0 Å². The molecule has 0 aliphatic heterocycles. The monoisotopic (exact) mass is 249 g/mol. The lowest BCUT2D eigenvalue weighted by Crippen LogP contribution is -2.45. The summed E-state index contributed by atoms with van der Waals surface area (Å²) in [6, 6.07) is 0. The average Bonchev–Trinajstić information content (AvgIpc) is 2.31. The fourth-order valence-electron chi connectivity index (χ4n) is 1.35. The van der Waals surface area contributed by atoms with Gasteiger partial charge in [-0.3, -0.25) is 4.79 Å². The molecule has 0 aromatic carbocycles. The first-order valence-corrected chi connectivity index (χ1v) is 6.36. The standard InChI is InChI=1S/C12H24ClNO2/c1-5-12(6-2,9-15)8-14-10(16)11(3,4)7-13/h15H,5-9H2,1-4H3,(H,14,16). The van der Waals surface area contributed by atoms with Crippen LogP contribution in [0.5, 0.6) is 0 Å². The third-order valence-electron chi connectivity index (χ3n) is 3.41. The number of amides is 1. The summed E-state index contributed by atoms with van der Waals surface area (Å²) in [5.41, 5.74) is -0.748. The van der Waals surface area contributed by atoms with Crippen LogP contribution in [0.2, 0.25) is 0 Å². The van der Waals surface area contributed by atoms with Gasteiger partial charge in [0.2, 0.25) is 5.91 Å². The molecular weight excluding hydrogens is 226 g/mol. The highest BCUT2D eigenvalue weighted by Crippen LogP contribution is 2.25. The molecule has 3 nitrogen and oxygen atoms in total. The summed E-state index contributed by atoms with van der Waals surface area (Å²) in [4.78, 5) is 11.8. The molecule has 2 N–H and O–H groups in total. The smallest absolute Gasteiger partial charge is 0.226 e. The van der Waals surface area contributed by atoms with E-state index in [1.165, 1.54) is 0 Å². The second-order valence-electron chi connectivity index (χ2n) is 5.07. The molecule has 0 unspecified atom stereocenters. The van der Waals surface area contributed by atoms with E-state index in [1.54, 1.807) is 0 Å². The molecule has 0 radical (unpaired) electrons. The maximum Gasteiger partial charge on any atom is 0.226 e. The first-order valence-electron chi connectivity index (χ1n) is 5.82. The van der Waals surface area contributed by atoms with Crippen molar-refractivity contribution in [2.45, 2.75) is 40.5 Å². The van der Waals surface area contributed by atoms with E-state index in [0.29, 0.717) is 12.4 Å². The largest absolute Gasteiger partial charge is 0.396 e. The first-order chi connectivity index (χ1) is 7.37. The molecule has 0 fully saturated rings. The Hall–Kier alpha value is -0.280. The zero-order valence-corrected chi connectivity index (χ0v) is 11.5. The number of alkyl halides is 1. The van der Waals surface area contributed by atoms with Crippen molar-refractivity contribution in [2.24, 2.45) is 10.8 Å². The molecule has 0 rings (SSSR count). The molecule has 0 bridgehead atoms. The fourth-order valence-corrected chi connectivity index (χ4v) is 1.47. The van der Waals surface area contributed by atoms with Crippen LogP contribution in [0.4, 0.5) is 0 Å². The first kappa shape index (κ1) is 15.7. The third kappa shape index (κ3) is 3.95. The number of hydrogen-bond donors (Lipinski definition) is 2. The van der Waals surface area contributed by atoms with Crippen molar-refractivity contribution in [3.63, 3.8) is 0 Å². The third-order valence-corrected chi connectivity index (χ3v) is 4.08. The Morgan fingerprint density at radius 1 is 1.31 bits per heavy atom. The van der Waals surface area contributed by atoms with Crippen molar-refractivity contribution in [3.05, 3.63) is 0 Å². The Balaban J connectivity index is 4.38. The average molecular weight is 250 g/mol. The molecule has 0 aliphatic rings. The Labute approximate surface area is 104 Å². The number of halogens is 1. The van der Waals surface area contributed by atoms with Crippen LogP contribution >= 0.6 is 11.6 Å². The maximum absolute atomic E-state index is 11.8. The predicted octanol–water partition coefficient (Wildman–Crippen LogP) is 2.17. The van der Waals surface area contributed by atoms with Gasteiger partial charge in [0.05, 0.1) is 12.0 Å². The number of nitrogens with one attached hydrogen (secondary N) is 1. The molecule has 0 saturated heterocycles. The SMILES string of the molecule is CCC(CC)(CO)CNC(=O)C(C)(C)CCl. The number of carbonyl (C=O) groups excluding carboxylic acids is 1. The number of aliphatic hydroxyl groups is 1. The lowest BCUT2D eigenvalue weighted by atomic mass is 9.82. The molecule has 0 heterocycles. The minimum Gasteiger partial charge on any atom is -0.396 e. The van der Waals surface area contributed by atoms with E-state index in [1.807, 2.05) is 27.7 Å². The molecule has 96 valence electrons. The summed E-state index contributed by atoms with van der Waals surface area (Å²) < 4.78 is 0. The van der Waals surface area contributed by atoms with Gasteiger partial charge in [0.1, 0.15) is 0 Å². The highest BCUT2D eigenvalue weighted by atomic mass is 35.5. The van der Waals surface area contributed by atoms with Gasteiger partial charge < -0.3 is 10.4 Å². The Morgan fingerprint density at radius 2 is 1.81 bits per heavy atom. The van der Waals surface area contributed by atoms with Gasteiger partial charge in [-0.2, -0.15) is 0 Å². The van der Waals surface area contributed by atoms with Gasteiger partial charge in [-0.05, 0) is 26.7 Å². The summed E-state index contributed by atoms with van der Waals surface area (Å²) in [5, 5.41) is 12.3. The second-order valence-corrected chi connectivity index (χ2v) is 5.33. The number of hydrogen-bond acceptors (Lipinski definition) is 2. The number of aliphatic hydroxyl groups excluding tert-OH is 1. The quantitative estimate of drug-likeness (QED) is 0.680. The van der Waals surface area contributed by atoms with Crippen molar-refractivity contribution in [1.82, 2.24) is 5.32 Å². The Bertz CT molecular complexity index is 217. The fraction of sp³-hybridized carbons (Fsp3) is 0.917. The highest BCUT2D eigenvalue weighted by molar-refractivity contribution is 6.19. The van der Waals surface area contributed by atoms with Crippen LogP contribution in [-0.4, -0.2) is 30.0 Å². The summed E-state index contributed by atoms with van der Waals surface area (Å²) in [7, 11) is 0.